The van der Waals surface area contributed by atoms with E-state index < -0.39 is 0 Å². The van der Waals surface area contributed by atoms with Crippen molar-refractivity contribution in [1.82, 2.24) is 4.98 Å². The molecular formula is C15H22N2O2S. The van der Waals surface area contributed by atoms with Gasteiger partial charge in [-0.1, -0.05) is 6.92 Å². The molecule has 0 saturated heterocycles. The van der Waals surface area contributed by atoms with Gasteiger partial charge in [-0.05, 0) is 32.4 Å². The van der Waals surface area contributed by atoms with Gasteiger partial charge in [-0.2, -0.15) is 0 Å². The summed E-state index contributed by atoms with van der Waals surface area (Å²) >= 11 is 1.67. The Morgan fingerprint density at radius 1 is 1.40 bits per heavy atom. The van der Waals surface area contributed by atoms with Gasteiger partial charge in [0, 0.05) is 17.3 Å². The minimum absolute atomic E-state index is 0.0527. The van der Waals surface area contributed by atoms with Gasteiger partial charge in [0.2, 0.25) is 0 Å². The monoisotopic (exact) mass is 294 g/mol. The van der Waals surface area contributed by atoms with Crippen molar-refractivity contribution in [3.05, 3.63) is 39.7 Å². The summed E-state index contributed by atoms with van der Waals surface area (Å²) in [6, 6.07) is 3.85. The molecule has 5 heteroatoms. The number of hydrogen-bond donors (Lipinski definition) is 1. The van der Waals surface area contributed by atoms with Crippen molar-refractivity contribution >= 4 is 11.3 Å². The maximum absolute atomic E-state index is 6.15. The van der Waals surface area contributed by atoms with Crippen LogP contribution in [-0.2, 0) is 11.2 Å². The van der Waals surface area contributed by atoms with Gasteiger partial charge < -0.3 is 14.9 Å². The quantitative estimate of drug-likeness (QED) is 0.850. The van der Waals surface area contributed by atoms with Crippen molar-refractivity contribution < 1.29 is 9.15 Å². The summed E-state index contributed by atoms with van der Waals surface area (Å²) in [5, 5.41) is 0. The average Bonchev–Trinajstić information content (AvgIpc) is 3.03. The first-order valence-electron chi connectivity index (χ1n) is 6.94. The molecule has 0 spiro atoms. The van der Waals surface area contributed by atoms with Crippen LogP contribution < -0.4 is 5.73 Å². The Hall–Kier alpha value is -1.17. The highest BCUT2D eigenvalue weighted by Crippen LogP contribution is 2.25. The van der Waals surface area contributed by atoms with E-state index >= 15 is 0 Å². The van der Waals surface area contributed by atoms with Crippen molar-refractivity contribution in [1.29, 1.82) is 0 Å². The second-order valence-electron chi connectivity index (χ2n) is 4.92. The van der Waals surface area contributed by atoms with Crippen LogP contribution in [0.1, 0.15) is 41.5 Å². The number of aryl methyl sites for hydroxylation is 2. The molecule has 2 rings (SSSR count). The summed E-state index contributed by atoms with van der Waals surface area (Å²) < 4.78 is 11.6. The Morgan fingerprint density at radius 3 is 2.75 bits per heavy atom. The second kappa shape index (κ2) is 7.02. The van der Waals surface area contributed by atoms with E-state index in [2.05, 4.69) is 11.9 Å². The van der Waals surface area contributed by atoms with Gasteiger partial charge in [0.25, 0.3) is 0 Å². The number of furan rings is 1. The van der Waals surface area contributed by atoms with Crippen LogP contribution in [0.5, 0.6) is 0 Å². The molecule has 4 nitrogen and oxygen atoms in total. The predicted molar refractivity (Wildman–Crippen MR) is 81.0 cm³/mol. The Balaban J connectivity index is 1.96. The number of hydrogen-bond acceptors (Lipinski definition) is 5. The zero-order valence-corrected chi connectivity index (χ0v) is 13.1. The summed E-state index contributed by atoms with van der Waals surface area (Å²) in [5.41, 5.74) is 9.11. The van der Waals surface area contributed by atoms with Gasteiger partial charge in [0.05, 0.1) is 17.8 Å². The lowest BCUT2D eigenvalue weighted by atomic mass is 10.1. The zero-order valence-electron chi connectivity index (χ0n) is 12.3. The molecule has 110 valence electrons. The SMILES string of the molecule is CCC(N)C(OCCc1scnc1C)c1ccc(C)o1. The first-order chi connectivity index (χ1) is 9.61. The lowest BCUT2D eigenvalue weighted by molar-refractivity contribution is 0.0206. The van der Waals surface area contributed by atoms with Crippen molar-refractivity contribution in [2.24, 2.45) is 5.73 Å². The molecular weight excluding hydrogens is 272 g/mol. The van der Waals surface area contributed by atoms with Crippen LogP contribution in [0.4, 0.5) is 0 Å². The fourth-order valence-electron chi connectivity index (χ4n) is 2.08. The van der Waals surface area contributed by atoms with Crippen LogP contribution in [0.2, 0.25) is 0 Å². The van der Waals surface area contributed by atoms with E-state index in [0.717, 1.165) is 30.1 Å². The van der Waals surface area contributed by atoms with Gasteiger partial charge in [-0.15, -0.1) is 11.3 Å². The average molecular weight is 294 g/mol. The van der Waals surface area contributed by atoms with Crippen LogP contribution in [0.25, 0.3) is 0 Å². The van der Waals surface area contributed by atoms with Crippen LogP contribution in [0.3, 0.4) is 0 Å². The van der Waals surface area contributed by atoms with Crippen molar-refractivity contribution in [2.75, 3.05) is 6.61 Å². The minimum Gasteiger partial charge on any atom is -0.464 e. The summed E-state index contributed by atoms with van der Waals surface area (Å²) in [6.45, 7) is 6.64. The van der Waals surface area contributed by atoms with E-state index in [9.17, 15) is 0 Å². The smallest absolute Gasteiger partial charge is 0.134 e. The molecule has 0 radical (unpaired) electrons. The van der Waals surface area contributed by atoms with E-state index in [4.69, 9.17) is 14.9 Å². The maximum atomic E-state index is 6.15. The number of rotatable bonds is 7. The molecule has 2 aromatic heterocycles. The number of nitrogens with zero attached hydrogens (tertiary/aromatic N) is 1. The van der Waals surface area contributed by atoms with E-state index in [1.54, 1.807) is 11.3 Å². The van der Waals surface area contributed by atoms with E-state index in [0.29, 0.717) is 6.61 Å². The molecule has 0 aromatic carbocycles. The van der Waals surface area contributed by atoms with Crippen LogP contribution in [0.15, 0.2) is 22.1 Å². The fraction of sp³-hybridized carbons (Fsp3) is 0.533. The third-order valence-corrected chi connectivity index (χ3v) is 4.37. The lowest BCUT2D eigenvalue weighted by Crippen LogP contribution is -2.29. The van der Waals surface area contributed by atoms with Crippen molar-refractivity contribution in [3.8, 4) is 0 Å². The Bertz CT molecular complexity index is 535. The molecule has 2 aromatic rings. The first kappa shape index (κ1) is 15.2. The van der Waals surface area contributed by atoms with Crippen LogP contribution >= 0.6 is 11.3 Å². The molecule has 0 aliphatic carbocycles. The summed E-state index contributed by atoms with van der Waals surface area (Å²) in [5.74, 6) is 1.70. The number of thiazole rings is 1. The Morgan fingerprint density at radius 2 is 2.20 bits per heavy atom. The topological polar surface area (TPSA) is 61.3 Å². The molecule has 2 atom stereocenters. The van der Waals surface area contributed by atoms with Gasteiger partial charge >= 0.3 is 0 Å². The van der Waals surface area contributed by atoms with E-state index in [1.807, 2.05) is 31.5 Å². The van der Waals surface area contributed by atoms with Gasteiger partial charge in [-0.25, -0.2) is 4.98 Å². The summed E-state index contributed by atoms with van der Waals surface area (Å²) in [4.78, 5) is 5.51. The summed E-state index contributed by atoms with van der Waals surface area (Å²) in [6.07, 6.45) is 1.54. The van der Waals surface area contributed by atoms with Crippen LogP contribution in [-0.4, -0.2) is 17.6 Å². The molecule has 0 saturated carbocycles. The number of aromatic nitrogens is 1. The highest BCUT2D eigenvalue weighted by atomic mass is 32.1. The molecule has 0 fully saturated rings. The zero-order chi connectivity index (χ0) is 14.5. The Labute approximate surface area is 124 Å². The molecule has 2 N–H and O–H groups in total. The normalized spacial score (nSPS) is 14.4. The predicted octanol–water partition coefficient (Wildman–Crippen LogP) is 3.39. The number of ether oxygens (including phenoxy) is 1. The molecule has 2 heterocycles. The Kier molecular flexibility index (Phi) is 5.34. The van der Waals surface area contributed by atoms with Crippen molar-refractivity contribution in [2.45, 2.75) is 45.8 Å². The van der Waals surface area contributed by atoms with Gasteiger partial charge in [0.15, 0.2) is 0 Å². The van der Waals surface area contributed by atoms with Crippen LogP contribution in [0, 0.1) is 13.8 Å². The largest absolute Gasteiger partial charge is 0.464 e. The minimum atomic E-state index is -0.179. The standard InChI is InChI=1S/C15H22N2O2S/c1-4-12(16)15(13-6-5-10(2)19-13)18-8-7-14-11(3)17-9-20-14/h5-6,9,12,15H,4,7-8,16H2,1-3H3. The lowest BCUT2D eigenvalue weighted by Gasteiger charge is -2.21. The van der Waals surface area contributed by atoms with E-state index in [1.165, 1.54) is 4.88 Å². The highest BCUT2D eigenvalue weighted by Gasteiger charge is 2.22. The second-order valence-corrected chi connectivity index (χ2v) is 5.86. The fourth-order valence-corrected chi connectivity index (χ4v) is 2.84. The molecule has 0 aliphatic heterocycles. The third kappa shape index (κ3) is 3.69. The molecule has 20 heavy (non-hydrogen) atoms. The van der Waals surface area contributed by atoms with Crippen molar-refractivity contribution in [3.63, 3.8) is 0 Å². The van der Waals surface area contributed by atoms with Gasteiger partial charge in [0.1, 0.15) is 17.6 Å². The molecule has 0 amide bonds. The first-order valence-corrected chi connectivity index (χ1v) is 7.82. The molecule has 2 unspecified atom stereocenters. The summed E-state index contributed by atoms with van der Waals surface area (Å²) in [7, 11) is 0. The third-order valence-electron chi connectivity index (χ3n) is 3.37. The molecule has 0 aliphatic rings. The molecule has 0 bridgehead atoms. The number of nitrogens with two attached hydrogens (primary N) is 1. The highest BCUT2D eigenvalue weighted by molar-refractivity contribution is 7.09. The van der Waals surface area contributed by atoms with Gasteiger partial charge in [-0.3, -0.25) is 0 Å². The van der Waals surface area contributed by atoms with E-state index in [-0.39, 0.29) is 12.1 Å². The maximum Gasteiger partial charge on any atom is 0.134 e.